The predicted molar refractivity (Wildman–Crippen MR) is 80.1 cm³/mol. The van der Waals surface area contributed by atoms with Crippen LogP contribution in [0, 0.1) is 6.92 Å². The molecule has 0 amide bonds. The standard InChI is InChI=1S/C15H20N4O/c1-10-3-4-12(15(7-10)20-2)14(19-17)8-11-9-18-6-5-13(11)16/h3-7,9,14,19H,8,17H2,1-2H3,(H2,16,18). The molecule has 0 aliphatic rings. The summed E-state index contributed by atoms with van der Waals surface area (Å²) in [6.45, 7) is 2.02. The van der Waals surface area contributed by atoms with Crippen molar-refractivity contribution in [1.29, 1.82) is 0 Å². The lowest BCUT2D eigenvalue weighted by atomic mass is 9.97. The number of hydrogen-bond donors (Lipinski definition) is 3. The molecule has 2 aromatic rings. The van der Waals surface area contributed by atoms with Crippen LogP contribution in [-0.4, -0.2) is 12.1 Å². The second-order valence-corrected chi connectivity index (χ2v) is 4.74. The van der Waals surface area contributed by atoms with Gasteiger partial charge in [-0.3, -0.25) is 16.3 Å². The van der Waals surface area contributed by atoms with E-state index in [1.54, 1.807) is 25.6 Å². The number of anilines is 1. The minimum absolute atomic E-state index is 0.0861. The summed E-state index contributed by atoms with van der Waals surface area (Å²) >= 11 is 0. The first-order valence-corrected chi connectivity index (χ1v) is 6.44. The summed E-state index contributed by atoms with van der Waals surface area (Å²) in [6, 6.07) is 7.75. The van der Waals surface area contributed by atoms with Gasteiger partial charge in [0, 0.05) is 23.6 Å². The number of benzene rings is 1. The fourth-order valence-corrected chi connectivity index (χ4v) is 2.19. The van der Waals surface area contributed by atoms with E-state index in [0.717, 1.165) is 22.4 Å². The Hall–Kier alpha value is -2.11. The molecule has 0 aliphatic heterocycles. The molecule has 1 aromatic heterocycles. The lowest BCUT2D eigenvalue weighted by Crippen LogP contribution is -2.30. The van der Waals surface area contributed by atoms with Crippen molar-refractivity contribution in [1.82, 2.24) is 10.4 Å². The zero-order valence-corrected chi connectivity index (χ0v) is 11.8. The van der Waals surface area contributed by atoms with Gasteiger partial charge < -0.3 is 10.5 Å². The number of nitrogen functional groups attached to an aromatic ring is 1. The van der Waals surface area contributed by atoms with Gasteiger partial charge in [-0.05, 0) is 36.6 Å². The van der Waals surface area contributed by atoms with Gasteiger partial charge in [-0.25, -0.2) is 0 Å². The smallest absolute Gasteiger partial charge is 0.123 e. The van der Waals surface area contributed by atoms with Gasteiger partial charge in [0.2, 0.25) is 0 Å². The van der Waals surface area contributed by atoms with Gasteiger partial charge in [0.15, 0.2) is 0 Å². The normalized spacial score (nSPS) is 12.2. The monoisotopic (exact) mass is 272 g/mol. The van der Waals surface area contributed by atoms with Crippen molar-refractivity contribution in [3.05, 3.63) is 53.3 Å². The molecule has 0 saturated heterocycles. The first kappa shape index (κ1) is 14.3. The van der Waals surface area contributed by atoms with Gasteiger partial charge in [0.05, 0.1) is 13.2 Å². The molecule has 5 nitrogen and oxygen atoms in total. The van der Waals surface area contributed by atoms with Gasteiger partial charge in [-0.15, -0.1) is 0 Å². The molecule has 1 aromatic carbocycles. The molecule has 0 fully saturated rings. The number of methoxy groups -OCH3 is 1. The van der Waals surface area contributed by atoms with E-state index in [-0.39, 0.29) is 6.04 Å². The summed E-state index contributed by atoms with van der Waals surface area (Å²) in [5.74, 6) is 6.51. The second kappa shape index (κ2) is 6.36. The largest absolute Gasteiger partial charge is 0.496 e. The molecule has 106 valence electrons. The van der Waals surface area contributed by atoms with Crippen molar-refractivity contribution in [3.63, 3.8) is 0 Å². The molecule has 0 radical (unpaired) electrons. The van der Waals surface area contributed by atoms with E-state index in [4.69, 9.17) is 16.3 Å². The summed E-state index contributed by atoms with van der Waals surface area (Å²) in [7, 11) is 1.66. The van der Waals surface area contributed by atoms with Crippen molar-refractivity contribution in [2.24, 2.45) is 5.84 Å². The van der Waals surface area contributed by atoms with Crippen LogP contribution in [-0.2, 0) is 6.42 Å². The van der Waals surface area contributed by atoms with E-state index in [2.05, 4.69) is 10.4 Å². The molecule has 5 N–H and O–H groups in total. The Kier molecular flexibility index (Phi) is 4.55. The van der Waals surface area contributed by atoms with Crippen LogP contribution in [0.3, 0.4) is 0 Å². The predicted octanol–water partition coefficient (Wildman–Crippen LogP) is 1.73. The number of ether oxygens (including phenoxy) is 1. The number of rotatable bonds is 5. The number of nitrogens with zero attached hydrogens (tertiary/aromatic N) is 1. The van der Waals surface area contributed by atoms with Crippen LogP contribution in [0.5, 0.6) is 5.75 Å². The van der Waals surface area contributed by atoms with Gasteiger partial charge in [0.1, 0.15) is 5.75 Å². The van der Waals surface area contributed by atoms with Crippen LogP contribution < -0.4 is 21.7 Å². The van der Waals surface area contributed by atoms with E-state index in [9.17, 15) is 0 Å². The molecule has 0 saturated carbocycles. The molecule has 0 spiro atoms. The van der Waals surface area contributed by atoms with E-state index in [1.165, 1.54) is 0 Å². The molecule has 0 aliphatic carbocycles. The Morgan fingerprint density at radius 1 is 1.35 bits per heavy atom. The average Bonchev–Trinajstić information content (AvgIpc) is 2.46. The zero-order chi connectivity index (χ0) is 14.5. The highest BCUT2D eigenvalue weighted by Gasteiger charge is 2.16. The van der Waals surface area contributed by atoms with E-state index >= 15 is 0 Å². The lowest BCUT2D eigenvalue weighted by molar-refractivity contribution is 0.398. The second-order valence-electron chi connectivity index (χ2n) is 4.74. The summed E-state index contributed by atoms with van der Waals surface area (Å²) in [5.41, 5.74) is 12.6. The Morgan fingerprint density at radius 3 is 2.80 bits per heavy atom. The van der Waals surface area contributed by atoms with E-state index in [0.29, 0.717) is 12.1 Å². The van der Waals surface area contributed by atoms with Gasteiger partial charge in [0.25, 0.3) is 0 Å². The SMILES string of the molecule is COc1cc(C)ccc1C(Cc1cnccc1N)NN. The topological polar surface area (TPSA) is 86.2 Å². The Morgan fingerprint density at radius 2 is 2.15 bits per heavy atom. The molecule has 0 bridgehead atoms. The van der Waals surface area contributed by atoms with Crippen molar-refractivity contribution in [2.75, 3.05) is 12.8 Å². The maximum absolute atomic E-state index is 5.96. The quantitative estimate of drug-likeness (QED) is 0.570. The lowest BCUT2D eigenvalue weighted by Gasteiger charge is -2.20. The van der Waals surface area contributed by atoms with E-state index < -0.39 is 0 Å². The van der Waals surface area contributed by atoms with Crippen LogP contribution in [0.1, 0.15) is 22.7 Å². The number of aromatic nitrogens is 1. The van der Waals surface area contributed by atoms with Crippen molar-refractivity contribution < 1.29 is 4.74 Å². The first-order valence-electron chi connectivity index (χ1n) is 6.44. The Balaban J connectivity index is 2.31. The van der Waals surface area contributed by atoms with Crippen molar-refractivity contribution in [2.45, 2.75) is 19.4 Å². The van der Waals surface area contributed by atoms with Gasteiger partial charge in [-0.1, -0.05) is 12.1 Å². The highest BCUT2D eigenvalue weighted by molar-refractivity contribution is 5.46. The van der Waals surface area contributed by atoms with Gasteiger partial charge >= 0.3 is 0 Å². The van der Waals surface area contributed by atoms with Crippen LogP contribution in [0.2, 0.25) is 0 Å². The number of pyridine rings is 1. The molecule has 5 heteroatoms. The molecule has 1 atom stereocenters. The molecule has 2 rings (SSSR count). The van der Waals surface area contributed by atoms with Crippen LogP contribution >= 0.6 is 0 Å². The highest BCUT2D eigenvalue weighted by Crippen LogP contribution is 2.29. The minimum atomic E-state index is -0.0861. The van der Waals surface area contributed by atoms with Crippen molar-refractivity contribution >= 4 is 5.69 Å². The van der Waals surface area contributed by atoms with Crippen LogP contribution in [0.15, 0.2) is 36.7 Å². The maximum atomic E-state index is 5.96. The van der Waals surface area contributed by atoms with Crippen LogP contribution in [0.25, 0.3) is 0 Å². The Bertz CT molecular complexity index is 586. The molecule has 1 heterocycles. The molecule has 1 unspecified atom stereocenters. The third kappa shape index (κ3) is 3.07. The third-order valence-corrected chi connectivity index (χ3v) is 3.33. The summed E-state index contributed by atoms with van der Waals surface area (Å²) in [6.07, 6.45) is 4.09. The van der Waals surface area contributed by atoms with Crippen LogP contribution in [0.4, 0.5) is 5.69 Å². The maximum Gasteiger partial charge on any atom is 0.123 e. The summed E-state index contributed by atoms with van der Waals surface area (Å²) in [4.78, 5) is 4.10. The molecular formula is C15H20N4O. The van der Waals surface area contributed by atoms with Gasteiger partial charge in [-0.2, -0.15) is 0 Å². The summed E-state index contributed by atoms with van der Waals surface area (Å²) in [5, 5.41) is 0. The number of hydrazine groups is 1. The number of hydrogen-bond acceptors (Lipinski definition) is 5. The summed E-state index contributed by atoms with van der Waals surface area (Å²) < 4.78 is 5.43. The Labute approximate surface area is 118 Å². The molecule has 20 heavy (non-hydrogen) atoms. The minimum Gasteiger partial charge on any atom is -0.496 e. The van der Waals surface area contributed by atoms with E-state index in [1.807, 2.05) is 25.1 Å². The third-order valence-electron chi connectivity index (χ3n) is 3.33. The van der Waals surface area contributed by atoms with Crippen molar-refractivity contribution in [3.8, 4) is 5.75 Å². The number of nitrogens with one attached hydrogen (secondary N) is 1. The fourth-order valence-electron chi connectivity index (χ4n) is 2.19. The first-order chi connectivity index (χ1) is 9.65. The zero-order valence-electron chi connectivity index (χ0n) is 11.8. The average molecular weight is 272 g/mol. The fraction of sp³-hybridized carbons (Fsp3) is 0.267. The number of aryl methyl sites for hydroxylation is 1. The highest BCUT2D eigenvalue weighted by atomic mass is 16.5. The molecular weight excluding hydrogens is 252 g/mol. The number of nitrogens with two attached hydrogens (primary N) is 2.